The third kappa shape index (κ3) is 4.05. The molecule has 1 aliphatic rings. The van der Waals surface area contributed by atoms with Crippen LogP contribution in [-0.2, 0) is 6.42 Å². The Kier molecular flexibility index (Phi) is 5.40. The number of hydrogen-bond acceptors (Lipinski definition) is 3. The van der Waals surface area contributed by atoms with Gasteiger partial charge in [0.1, 0.15) is 0 Å². The van der Waals surface area contributed by atoms with Crippen LogP contribution in [0.4, 0.5) is 0 Å². The summed E-state index contributed by atoms with van der Waals surface area (Å²) in [7, 11) is 0. The predicted octanol–water partition coefficient (Wildman–Crippen LogP) is 2.91. The van der Waals surface area contributed by atoms with E-state index in [4.69, 9.17) is 0 Å². The largest absolute Gasteiger partial charge is 0.349 e. The minimum atomic E-state index is 0.110. The molecule has 1 aliphatic heterocycles. The molecule has 0 atom stereocenters. The first-order valence-electron chi connectivity index (χ1n) is 7.34. The maximum atomic E-state index is 12.1. The van der Waals surface area contributed by atoms with Crippen molar-refractivity contribution in [1.29, 1.82) is 0 Å². The Bertz CT molecular complexity index is 408. The highest BCUT2D eigenvalue weighted by atomic mass is 32.1. The molecule has 0 aromatic carbocycles. The first kappa shape index (κ1) is 14.5. The van der Waals surface area contributed by atoms with E-state index in [2.05, 4.69) is 30.1 Å². The van der Waals surface area contributed by atoms with Gasteiger partial charge in [-0.25, -0.2) is 0 Å². The maximum Gasteiger partial charge on any atom is 0.261 e. The first-order chi connectivity index (χ1) is 9.22. The lowest BCUT2D eigenvalue weighted by Gasteiger charge is -2.31. The number of aryl methyl sites for hydroxylation is 1. The van der Waals surface area contributed by atoms with E-state index in [1.807, 2.05) is 6.07 Å². The molecule has 1 aromatic rings. The van der Waals surface area contributed by atoms with Gasteiger partial charge in [-0.3, -0.25) is 4.79 Å². The molecule has 1 aromatic heterocycles. The average Bonchev–Trinajstić information content (AvgIpc) is 2.90. The van der Waals surface area contributed by atoms with Crippen molar-refractivity contribution < 1.29 is 4.79 Å². The van der Waals surface area contributed by atoms with Crippen LogP contribution in [0.3, 0.4) is 0 Å². The number of rotatable bonds is 5. The molecular weight excluding hydrogens is 256 g/mol. The molecule has 0 aliphatic carbocycles. The fourth-order valence-corrected chi connectivity index (χ4v) is 3.41. The Labute approximate surface area is 120 Å². The van der Waals surface area contributed by atoms with Crippen molar-refractivity contribution in [2.75, 3.05) is 19.6 Å². The highest BCUT2D eigenvalue weighted by molar-refractivity contribution is 7.14. The lowest BCUT2D eigenvalue weighted by molar-refractivity contribution is 0.0915. The molecule has 0 spiro atoms. The molecule has 1 fully saturated rings. The fraction of sp³-hybridized carbons (Fsp3) is 0.667. The highest BCUT2D eigenvalue weighted by Gasteiger charge is 2.21. The van der Waals surface area contributed by atoms with Crippen molar-refractivity contribution in [3.05, 3.63) is 21.9 Å². The van der Waals surface area contributed by atoms with Crippen molar-refractivity contribution in [2.24, 2.45) is 0 Å². The highest BCUT2D eigenvalue weighted by Crippen LogP contribution is 2.18. The maximum absolute atomic E-state index is 12.1. The summed E-state index contributed by atoms with van der Waals surface area (Å²) in [5, 5.41) is 3.18. The van der Waals surface area contributed by atoms with Gasteiger partial charge in [0, 0.05) is 24.0 Å². The zero-order valence-corrected chi connectivity index (χ0v) is 12.8. The molecule has 0 radical (unpaired) electrons. The summed E-state index contributed by atoms with van der Waals surface area (Å²) in [5.41, 5.74) is 0. The van der Waals surface area contributed by atoms with Gasteiger partial charge in [-0.05, 0) is 44.4 Å². The van der Waals surface area contributed by atoms with E-state index in [0.29, 0.717) is 6.04 Å². The van der Waals surface area contributed by atoms with Crippen LogP contribution >= 0.6 is 11.3 Å². The summed E-state index contributed by atoms with van der Waals surface area (Å²) in [6.07, 6.45) is 4.38. The number of hydrogen-bond donors (Lipinski definition) is 1. The van der Waals surface area contributed by atoms with Gasteiger partial charge < -0.3 is 10.2 Å². The van der Waals surface area contributed by atoms with Crippen LogP contribution in [0.25, 0.3) is 0 Å². The van der Waals surface area contributed by atoms with Gasteiger partial charge in [-0.15, -0.1) is 11.3 Å². The van der Waals surface area contributed by atoms with Crippen molar-refractivity contribution >= 4 is 17.2 Å². The Morgan fingerprint density at radius 3 is 2.68 bits per heavy atom. The van der Waals surface area contributed by atoms with E-state index >= 15 is 0 Å². The molecule has 0 bridgehead atoms. The van der Waals surface area contributed by atoms with E-state index in [1.165, 1.54) is 17.8 Å². The van der Waals surface area contributed by atoms with Gasteiger partial charge in [0.25, 0.3) is 5.91 Å². The van der Waals surface area contributed by atoms with Crippen LogP contribution in [0.15, 0.2) is 12.1 Å². The molecular formula is C15H24N2OS. The van der Waals surface area contributed by atoms with E-state index < -0.39 is 0 Å². The molecule has 1 saturated heterocycles. The Morgan fingerprint density at radius 1 is 1.37 bits per heavy atom. The lowest BCUT2D eigenvalue weighted by Crippen LogP contribution is -2.44. The summed E-state index contributed by atoms with van der Waals surface area (Å²) >= 11 is 1.62. The first-order valence-corrected chi connectivity index (χ1v) is 8.16. The van der Waals surface area contributed by atoms with Gasteiger partial charge in [0.2, 0.25) is 0 Å². The monoisotopic (exact) mass is 280 g/mol. The van der Waals surface area contributed by atoms with Crippen LogP contribution < -0.4 is 5.32 Å². The Morgan fingerprint density at radius 2 is 2.11 bits per heavy atom. The fourth-order valence-electron chi connectivity index (χ4n) is 2.56. The quantitative estimate of drug-likeness (QED) is 0.899. The van der Waals surface area contributed by atoms with Gasteiger partial charge in [0.15, 0.2) is 0 Å². The number of carbonyl (C=O) groups is 1. The molecule has 3 nitrogen and oxygen atoms in total. The lowest BCUT2D eigenvalue weighted by atomic mass is 10.0. The molecule has 106 valence electrons. The molecule has 1 amide bonds. The van der Waals surface area contributed by atoms with Crippen LogP contribution in [0.1, 0.15) is 47.7 Å². The van der Waals surface area contributed by atoms with Crippen LogP contribution in [0.5, 0.6) is 0 Å². The van der Waals surface area contributed by atoms with Crippen LogP contribution in [0, 0.1) is 0 Å². The van der Waals surface area contributed by atoms with Crippen molar-refractivity contribution in [3.8, 4) is 0 Å². The average molecular weight is 280 g/mol. The second-order valence-electron chi connectivity index (χ2n) is 5.21. The molecule has 0 saturated carbocycles. The summed E-state index contributed by atoms with van der Waals surface area (Å²) in [6, 6.07) is 4.36. The summed E-state index contributed by atoms with van der Waals surface area (Å²) in [4.78, 5) is 16.8. The van der Waals surface area contributed by atoms with Crippen molar-refractivity contribution in [3.63, 3.8) is 0 Å². The van der Waals surface area contributed by atoms with Gasteiger partial charge in [-0.2, -0.15) is 0 Å². The summed E-state index contributed by atoms with van der Waals surface area (Å²) in [6.45, 7) is 7.76. The Hall–Kier alpha value is -0.870. The van der Waals surface area contributed by atoms with Crippen LogP contribution in [-0.4, -0.2) is 36.5 Å². The number of likely N-dealkylation sites (tertiary alicyclic amines) is 1. The van der Waals surface area contributed by atoms with E-state index in [1.54, 1.807) is 11.3 Å². The SMILES string of the molecule is CCCN1CCC(NC(=O)c2ccc(CC)s2)CC1. The third-order valence-electron chi connectivity index (χ3n) is 3.70. The second kappa shape index (κ2) is 7.06. The van der Waals surface area contributed by atoms with Crippen LogP contribution in [0.2, 0.25) is 0 Å². The standard InChI is InChI=1S/C15H24N2OS/c1-3-9-17-10-7-12(8-11-17)16-15(18)14-6-5-13(4-2)19-14/h5-6,12H,3-4,7-11H2,1-2H3,(H,16,18). The van der Waals surface area contributed by atoms with Gasteiger partial charge in [0.05, 0.1) is 4.88 Å². The minimum Gasteiger partial charge on any atom is -0.349 e. The predicted molar refractivity (Wildman–Crippen MR) is 80.9 cm³/mol. The molecule has 4 heteroatoms. The number of carbonyl (C=O) groups excluding carboxylic acids is 1. The second-order valence-corrected chi connectivity index (χ2v) is 6.38. The smallest absolute Gasteiger partial charge is 0.261 e. The Balaban J connectivity index is 1.80. The van der Waals surface area contributed by atoms with E-state index in [0.717, 1.165) is 37.2 Å². The number of nitrogens with one attached hydrogen (secondary N) is 1. The molecule has 0 unspecified atom stereocenters. The van der Waals surface area contributed by atoms with Gasteiger partial charge in [-0.1, -0.05) is 13.8 Å². The number of thiophene rings is 1. The number of nitrogens with zero attached hydrogens (tertiary/aromatic N) is 1. The number of amides is 1. The van der Waals surface area contributed by atoms with E-state index in [-0.39, 0.29) is 5.91 Å². The zero-order valence-electron chi connectivity index (χ0n) is 11.9. The zero-order chi connectivity index (χ0) is 13.7. The summed E-state index contributed by atoms with van der Waals surface area (Å²) < 4.78 is 0. The van der Waals surface area contributed by atoms with Crippen molar-refractivity contribution in [2.45, 2.75) is 45.6 Å². The molecule has 2 heterocycles. The normalized spacial score (nSPS) is 17.6. The summed E-state index contributed by atoms with van der Waals surface area (Å²) in [5.74, 6) is 0.110. The third-order valence-corrected chi connectivity index (χ3v) is 4.92. The van der Waals surface area contributed by atoms with E-state index in [9.17, 15) is 4.79 Å². The minimum absolute atomic E-state index is 0.110. The van der Waals surface area contributed by atoms with Gasteiger partial charge >= 0.3 is 0 Å². The topological polar surface area (TPSA) is 32.3 Å². The molecule has 2 rings (SSSR count). The molecule has 1 N–H and O–H groups in total. The number of piperidine rings is 1. The van der Waals surface area contributed by atoms with Crippen molar-refractivity contribution in [1.82, 2.24) is 10.2 Å². The molecule has 19 heavy (non-hydrogen) atoms.